The third-order valence-electron chi connectivity index (χ3n) is 5.90. The maximum atomic E-state index is 14.0. The SMILES string of the molecule is O=C(N[C@H](c1ccc(Cl)cc1)C1CC1)C1CCN(S(=O)(=O)c2ccccc2F)CC1. The number of nitrogens with zero attached hydrogens (tertiary/aromatic N) is 1. The Morgan fingerprint density at radius 2 is 1.67 bits per heavy atom. The van der Waals surface area contributed by atoms with E-state index in [9.17, 15) is 17.6 Å². The standard InChI is InChI=1S/C22H24ClFN2O3S/c23-18-9-7-16(8-10-18)21(15-5-6-15)25-22(27)17-11-13-26(14-12-17)30(28,29)20-4-2-1-3-19(20)24/h1-4,7-10,15,17,21H,5-6,11-14H2,(H,25,27)/t21-/m0/s1. The molecule has 0 bridgehead atoms. The van der Waals surface area contributed by atoms with Gasteiger partial charge in [-0.15, -0.1) is 0 Å². The van der Waals surface area contributed by atoms with Crippen molar-refractivity contribution in [3.8, 4) is 0 Å². The van der Waals surface area contributed by atoms with Gasteiger partial charge in [-0.05, 0) is 61.4 Å². The van der Waals surface area contributed by atoms with E-state index in [1.54, 1.807) is 0 Å². The largest absolute Gasteiger partial charge is 0.349 e. The molecule has 1 heterocycles. The molecular weight excluding hydrogens is 427 g/mol. The zero-order valence-electron chi connectivity index (χ0n) is 16.4. The molecule has 1 amide bonds. The Morgan fingerprint density at radius 1 is 1.03 bits per heavy atom. The van der Waals surface area contributed by atoms with E-state index >= 15 is 0 Å². The third kappa shape index (κ3) is 4.53. The summed E-state index contributed by atoms with van der Waals surface area (Å²) in [6.45, 7) is 0.396. The number of nitrogens with one attached hydrogen (secondary N) is 1. The third-order valence-corrected chi connectivity index (χ3v) is 8.08. The van der Waals surface area contributed by atoms with E-state index in [1.165, 1.54) is 22.5 Å². The molecule has 0 aromatic heterocycles. The van der Waals surface area contributed by atoms with E-state index in [0.717, 1.165) is 24.5 Å². The molecule has 1 atom stereocenters. The van der Waals surface area contributed by atoms with Crippen LogP contribution >= 0.6 is 11.6 Å². The Balaban J connectivity index is 1.39. The highest BCUT2D eigenvalue weighted by Crippen LogP contribution is 2.41. The van der Waals surface area contributed by atoms with Crippen molar-refractivity contribution in [2.45, 2.75) is 36.6 Å². The van der Waals surface area contributed by atoms with E-state index < -0.39 is 15.8 Å². The van der Waals surface area contributed by atoms with Gasteiger partial charge in [0, 0.05) is 24.0 Å². The molecular formula is C22H24ClFN2O3S. The van der Waals surface area contributed by atoms with Crippen molar-refractivity contribution in [3.63, 3.8) is 0 Å². The fourth-order valence-electron chi connectivity index (χ4n) is 4.00. The van der Waals surface area contributed by atoms with Crippen LogP contribution < -0.4 is 5.32 Å². The van der Waals surface area contributed by atoms with Gasteiger partial charge in [-0.1, -0.05) is 35.9 Å². The molecule has 0 spiro atoms. The monoisotopic (exact) mass is 450 g/mol. The first kappa shape index (κ1) is 21.3. The predicted molar refractivity (Wildman–Crippen MR) is 113 cm³/mol. The van der Waals surface area contributed by atoms with Crippen LogP contribution in [-0.2, 0) is 14.8 Å². The molecule has 2 aromatic rings. The van der Waals surface area contributed by atoms with Crippen molar-refractivity contribution >= 4 is 27.5 Å². The van der Waals surface area contributed by atoms with Gasteiger partial charge in [0.15, 0.2) is 0 Å². The summed E-state index contributed by atoms with van der Waals surface area (Å²) in [6.07, 6.45) is 2.98. The Kier molecular flexibility index (Phi) is 6.14. The van der Waals surface area contributed by atoms with Crippen LogP contribution in [0.5, 0.6) is 0 Å². The van der Waals surface area contributed by atoms with Gasteiger partial charge >= 0.3 is 0 Å². The molecule has 1 saturated carbocycles. The Morgan fingerprint density at radius 3 is 2.27 bits per heavy atom. The van der Waals surface area contributed by atoms with Gasteiger partial charge in [0.2, 0.25) is 15.9 Å². The molecule has 1 aliphatic carbocycles. The highest BCUT2D eigenvalue weighted by atomic mass is 35.5. The minimum Gasteiger partial charge on any atom is -0.349 e. The van der Waals surface area contributed by atoms with Crippen molar-refractivity contribution in [2.75, 3.05) is 13.1 Å². The molecule has 2 aromatic carbocycles. The second-order valence-electron chi connectivity index (χ2n) is 7.98. The molecule has 160 valence electrons. The van der Waals surface area contributed by atoms with Crippen LogP contribution in [0, 0.1) is 17.7 Å². The first-order chi connectivity index (χ1) is 14.4. The molecule has 8 heteroatoms. The van der Waals surface area contributed by atoms with E-state index in [1.807, 2.05) is 24.3 Å². The number of carbonyl (C=O) groups is 1. The van der Waals surface area contributed by atoms with Crippen LogP contribution in [0.25, 0.3) is 0 Å². The molecule has 1 saturated heterocycles. The van der Waals surface area contributed by atoms with Crippen LogP contribution in [0.3, 0.4) is 0 Å². The number of piperidine rings is 1. The number of hydrogen-bond acceptors (Lipinski definition) is 3. The topological polar surface area (TPSA) is 66.5 Å². The first-order valence-corrected chi connectivity index (χ1v) is 12.0. The number of benzene rings is 2. The lowest BCUT2D eigenvalue weighted by Gasteiger charge is -2.31. The molecule has 5 nitrogen and oxygen atoms in total. The average Bonchev–Trinajstić information content (AvgIpc) is 3.58. The summed E-state index contributed by atoms with van der Waals surface area (Å²) in [6, 6.07) is 12.9. The number of amides is 1. The van der Waals surface area contributed by atoms with Crippen molar-refractivity contribution < 1.29 is 17.6 Å². The first-order valence-electron chi connectivity index (χ1n) is 10.2. The molecule has 4 rings (SSSR count). The Bertz CT molecular complexity index is 1020. The summed E-state index contributed by atoms with van der Waals surface area (Å²) < 4.78 is 40.7. The summed E-state index contributed by atoms with van der Waals surface area (Å²) in [7, 11) is -3.90. The normalized spacial score (nSPS) is 19.4. The summed E-state index contributed by atoms with van der Waals surface area (Å²) >= 11 is 5.98. The van der Waals surface area contributed by atoms with E-state index in [-0.39, 0.29) is 35.9 Å². The smallest absolute Gasteiger partial charge is 0.245 e. The number of halogens is 2. The van der Waals surface area contributed by atoms with Crippen LogP contribution in [-0.4, -0.2) is 31.7 Å². The maximum absolute atomic E-state index is 14.0. The molecule has 0 radical (unpaired) electrons. The zero-order valence-corrected chi connectivity index (χ0v) is 18.0. The van der Waals surface area contributed by atoms with Gasteiger partial charge in [-0.2, -0.15) is 4.31 Å². The van der Waals surface area contributed by atoms with Gasteiger partial charge in [0.05, 0.1) is 6.04 Å². The number of sulfonamides is 1. The Labute approximate surface area is 181 Å². The van der Waals surface area contributed by atoms with Crippen molar-refractivity contribution in [2.24, 2.45) is 11.8 Å². The summed E-state index contributed by atoms with van der Waals surface area (Å²) in [5.41, 5.74) is 1.04. The van der Waals surface area contributed by atoms with E-state index in [0.29, 0.717) is 23.8 Å². The van der Waals surface area contributed by atoms with Crippen LogP contribution in [0.2, 0.25) is 5.02 Å². The summed E-state index contributed by atoms with van der Waals surface area (Å²) in [5.74, 6) is -0.639. The van der Waals surface area contributed by atoms with Crippen molar-refractivity contribution in [1.82, 2.24) is 9.62 Å². The highest BCUT2D eigenvalue weighted by Gasteiger charge is 2.37. The highest BCUT2D eigenvalue weighted by molar-refractivity contribution is 7.89. The fraction of sp³-hybridized carbons (Fsp3) is 0.409. The predicted octanol–water partition coefficient (Wildman–Crippen LogP) is 4.15. The molecule has 30 heavy (non-hydrogen) atoms. The summed E-state index contributed by atoms with van der Waals surface area (Å²) in [5, 5.41) is 3.82. The molecule has 0 unspecified atom stereocenters. The van der Waals surface area contributed by atoms with Crippen LogP contribution in [0.4, 0.5) is 4.39 Å². The summed E-state index contributed by atoms with van der Waals surface area (Å²) in [4.78, 5) is 12.6. The van der Waals surface area contributed by atoms with Gasteiger partial charge in [-0.25, -0.2) is 12.8 Å². The van der Waals surface area contributed by atoms with Crippen molar-refractivity contribution in [3.05, 3.63) is 64.9 Å². The van der Waals surface area contributed by atoms with E-state index in [2.05, 4.69) is 5.32 Å². The lowest BCUT2D eigenvalue weighted by atomic mass is 9.95. The lowest BCUT2D eigenvalue weighted by Crippen LogP contribution is -2.44. The van der Waals surface area contributed by atoms with Gasteiger partial charge in [0.1, 0.15) is 10.7 Å². The van der Waals surface area contributed by atoms with Crippen LogP contribution in [0.1, 0.15) is 37.3 Å². The molecule has 2 aliphatic rings. The minimum absolute atomic E-state index is 0.0463. The number of carbonyl (C=O) groups excluding carboxylic acids is 1. The minimum atomic E-state index is -3.90. The Hall–Kier alpha value is -1.96. The van der Waals surface area contributed by atoms with E-state index in [4.69, 9.17) is 11.6 Å². The second-order valence-corrected chi connectivity index (χ2v) is 10.3. The quantitative estimate of drug-likeness (QED) is 0.719. The van der Waals surface area contributed by atoms with Gasteiger partial charge < -0.3 is 5.32 Å². The van der Waals surface area contributed by atoms with Gasteiger partial charge in [0.25, 0.3) is 0 Å². The van der Waals surface area contributed by atoms with Gasteiger partial charge in [-0.3, -0.25) is 4.79 Å². The number of hydrogen-bond donors (Lipinski definition) is 1. The molecule has 1 aliphatic heterocycles. The maximum Gasteiger partial charge on any atom is 0.245 e. The number of rotatable bonds is 6. The lowest BCUT2D eigenvalue weighted by molar-refractivity contribution is -0.127. The second kappa shape index (κ2) is 8.65. The van der Waals surface area contributed by atoms with Crippen molar-refractivity contribution in [1.29, 1.82) is 0 Å². The molecule has 2 fully saturated rings. The average molecular weight is 451 g/mol. The fourth-order valence-corrected chi connectivity index (χ4v) is 5.66. The van der Waals surface area contributed by atoms with Crippen LogP contribution in [0.15, 0.2) is 53.4 Å². The zero-order chi connectivity index (χ0) is 21.3. The molecule has 1 N–H and O–H groups in total.